The second-order valence-corrected chi connectivity index (χ2v) is 4.20. The van der Waals surface area contributed by atoms with Crippen LogP contribution in [0, 0.1) is 5.92 Å². The Labute approximate surface area is 83.1 Å². The molecule has 0 amide bonds. The minimum Gasteiger partial charge on any atom is -0.383 e. The Bertz CT molecular complexity index is 104. The molecule has 0 heterocycles. The maximum Gasteiger partial charge on any atom is 0.0613 e. The van der Waals surface area contributed by atoms with Gasteiger partial charge in [0.1, 0.15) is 0 Å². The number of hydrogen-bond donors (Lipinski definition) is 1. The molecule has 1 unspecified atom stereocenters. The molecule has 0 aromatic carbocycles. The van der Waals surface area contributed by atoms with E-state index in [9.17, 15) is 0 Å². The van der Waals surface area contributed by atoms with Crippen LogP contribution in [0.15, 0.2) is 0 Å². The Morgan fingerprint density at radius 3 is 2.38 bits per heavy atom. The molecule has 1 N–H and O–H groups in total. The molecular weight excluding hydrogens is 162 g/mol. The Morgan fingerprint density at radius 2 is 1.85 bits per heavy atom. The lowest BCUT2D eigenvalue weighted by Crippen LogP contribution is -2.30. The quantitative estimate of drug-likeness (QED) is 0.589. The van der Waals surface area contributed by atoms with Gasteiger partial charge in [-0.25, -0.2) is 0 Å². The van der Waals surface area contributed by atoms with Crippen LogP contribution < -0.4 is 5.32 Å². The Morgan fingerprint density at radius 1 is 1.15 bits per heavy atom. The smallest absolute Gasteiger partial charge is 0.0613 e. The summed E-state index contributed by atoms with van der Waals surface area (Å²) < 4.78 is 5.04. The zero-order valence-electron chi connectivity index (χ0n) is 9.60. The minimum atomic E-state index is 0.490. The van der Waals surface area contributed by atoms with Crippen molar-refractivity contribution < 1.29 is 4.74 Å². The number of nitrogens with one attached hydrogen (secondary N) is 1. The van der Waals surface area contributed by atoms with Crippen molar-refractivity contribution in [1.82, 2.24) is 5.32 Å². The van der Waals surface area contributed by atoms with Gasteiger partial charge in [0.15, 0.2) is 0 Å². The monoisotopic (exact) mass is 187 g/mol. The van der Waals surface area contributed by atoms with Crippen molar-refractivity contribution in [2.45, 2.75) is 46.1 Å². The number of hydrogen-bond acceptors (Lipinski definition) is 2. The van der Waals surface area contributed by atoms with Crippen molar-refractivity contribution >= 4 is 0 Å². The van der Waals surface area contributed by atoms with Crippen LogP contribution in [-0.2, 0) is 4.74 Å². The van der Waals surface area contributed by atoms with Crippen LogP contribution in [0.3, 0.4) is 0 Å². The van der Waals surface area contributed by atoms with E-state index in [1.807, 2.05) is 0 Å². The van der Waals surface area contributed by atoms with Gasteiger partial charge in [-0.15, -0.1) is 0 Å². The van der Waals surface area contributed by atoms with E-state index < -0.39 is 0 Å². The summed E-state index contributed by atoms with van der Waals surface area (Å²) in [7, 11) is 1.75. The summed E-state index contributed by atoms with van der Waals surface area (Å²) in [5.74, 6) is 0.844. The predicted molar refractivity (Wildman–Crippen MR) is 58.0 cm³/mol. The minimum absolute atomic E-state index is 0.490. The van der Waals surface area contributed by atoms with Crippen LogP contribution in [0.5, 0.6) is 0 Å². The standard InChI is InChI=1S/C11H25NO/c1-10(2)7-5-6-8-12-11(3)9-13-4/h10-12H,5-9H2,1-4H3. The fraction of sp³-hybridized carbons (Fsp3) is 1.00. The largest absolute Gasteiger partial charge is 0.383 e. The van der Waals surface area contributed by atoms with Gasteiger partial charge in [0.05, 0.1) is 6.61 Å². The maximum atomic E-state index is 5.04. The van der Waals surface area contributed by atoms with Crippen LogP contribution in [0.1, 0.15) is 40.0 Å². The fourth-order valence-electron chi connectivity index (χ4n) is 1.33. The number of methoxy groups -OCH3 is 1. The maximum absolute atomic E-state index is 5.04. The molecule has 80 valence electrons. The molecule has 0 aromatic heterocycles. The molecule has 0 spiro atoms. The molecule has 0 fully saturated rings. The molecule has 0 aliphatic carbocycles. The summed E-state index contributed by atoms with van der Waals surface area (Å²) in [4.78, 5) is 0. The van der Waals surface area contributed by atoms with Gasteiger partial charge in [-0.2, -0.15) is 0 Å². The summed E-state index contributed by atoms with van der Waals surface area (Å²) >= 11 is 0. The summed E-state index contributed by atoms with van der Waals surface area (Å²) in [6.45, 7) is 8.65. The van der Waals surface area contributed by atoms with Crippen molar-refractivity contribution in [3.05, 3.63) is 0 Å². The highest BCUT2D eigenvalue weighted by Crippen LogP contribution is 2.05. The molecule has 0 radical (unpaired) electrons. The van der Waals surface area contributed by atoms with Gasteiger partial charge in [0.25, 0.3) is 0 Å². The Hall–Kier alpha value is -0.0800. The molecule has 13 heavy (non-hydrogen) atoms. The molecule has 2 nitrogen and oxygen atoms in total. The lowest BCUT2D eigenvalue weighted by molar-refractivity contribution is 0.172. The second-order valence-electron chi connectivity index (χ2n) is 4.20. The molecule has 2 heteroatoms. The molecule has 0 aliphatic rings. The van der Waals surface area contributed by atoms with E-state index in [0.717, 1.165) is 19.1 Å². The first-order chi connectivity index (χ1) is 6.16. The van der Waals surface area contributed by atoms with Crippen molar-refractivity contribution in [1.29, 1.82) is 0 Å². The number of ether oxygens (including phenoxy) is 1. The molecule has 0 rings (SSSR count). The SMILES string of the molecule is COCC(C)NCCCCC(C)C. The molecule has 0 aromatic rings. The Kier molecular flexibility index (Phi) is 8.46. The van der Waals surface area contributed by atoms with Gasteiger partial charge in [-0.05, 0) is 25.8 Å². The Balaban J connectivity index is 3.06. The zero-order valence-corrected chi connectivity index (χ0v) is 9.60. The van der Waals surface area contributed by atoms with Crippen LogP contribution in [-0.4, -0.2) is 26.3 Å². The van der Waals surface area contributed by atoms with Crippen LogP contribution in [0.2, 0.25) is 0 Å². The molecular formula is C11H25NO. The van der Waals surface area contributed by atoms with Crippen LogP contribution >= 0.6 is 0 Å². The van der Waals surface area contributed by atoms with E-state index in [2.05, 4.69) is 26.1 Å². The van der Waals surface area contributed by atoms with Crippen molar-refractivity contribution in [2.24, 2.45) is 5.92 Å². The van der Waals surface area contributed by atoms with Gasteiger partial charge in [0, 0.05) is 13.2 Å². The van der Waals surface area contributed by atoms with E-state index in [-0.39, 0.29) is 0 Å². The van der Waals surface area contributed by atoms with E-state index in [1.165, 1.54) is 19.3 Å². The molecule has 1 atom stereocenters. The molecule has 0 aliphatic heterocycles. The second kappa shape index (κ2) is 8.52. The average molecular weight is 187 g/mol. The first kappa shape index (κ1) is 12.9. The third-order valence-corrected chi connectivity index (χ3v) is 2.12. The topological polar surface area (TPSA) is 21.3 Å². The van der Waals surface area contributed by atoms with E-state index in [4.69, 9.17) is 4.74 Å². The molecule has 0 saturated heterocycles. The summed E-state index contributed by atoms with van der Waals surface area (Å²) in [6.07, 6.45) is 3.97. The van der Waals surface area contributed by atoms with Crippen molar-refractivity contribution in [3.63, 3.8) is 0 Å². The van der Waals surface area contributed by atoms with E-state index in [0.29, 0.717) is 6.04 Å². The highest BCUT2D eigenvalue weighted by Gasteiger charge is 1.99. The first-order valence-corrected chi connectivity index (χ1v) is 5.39. The summed E-state index contributed by atoms with van der Waals surface area (Å²) in [6, 6.07) is 0.490. The van der Waals surface area contributed by atoms with Crippen molar-refractivity contribution in [3.8, 4) is 0 Å². The van der Waals surface area contributed by atoms with Crippen molar-refractivity contribution in [2.75, 3.05) is 20.3 Å². The number of unbranched alkanes of at least 4 members (excludes halogenated alkanes) is 1. The van der Waals surface area contributed by atoms with Gasteiger partial charge >= 0.3 is 0 Å². The fourth-order valence-corrected chi connectivity index (χ4v) is 1.33. The van der Waals surface area contributed by atoms with E-state index in [1.54, 1.807) is 7.11 Å². The number of rotatable bonds is 8. The zero-order chi connectivity index (χ0) is 10.1. The normalized spacial score (nSPS) is 13.6. The average Bonchev–Trinajstić information content (AvgIpc) is 2.03. The van der Waals surface area contributed by atoms with Gasteiger partial charge in [-0.1, -0.05) is 26.7 Å². The third-order valence-electron chi connectivity index (χ3n) is 2.12. The highest BCUT2D eigenvalue weighted by atomic mass is 16.5. The lowest BCUT2D eigenvalue weighted by atomic mass is 10.1. The van der Waals surface area contributed by atoms with Crippen LogP contribution in [0.4, 0.5) is 0 Å². The lowest BCUT2D eigenvalue weighted by Gasteiger charge is -2.12. The first-order valence-electron chi connectivity index (χ1n) is 5.39. The van der Waals surface area contributed by atoms with Gasteiger partial charge in [0.2, 0.25) is 0 Å². The molecule has 0 bridgehead atoms. The third kappa shape index (κ3) is 9.84. The predicted octanol–water partition coefficient (Wildman–Crippen LogP) is 2.44. The van der Waals surface area contributed by atoms with Gasteiger partial charge in [-0.3, -0.25) is 0 Å². The molecule has 0 saturated carbocycles. The summed E-state index contributed by atoms with van der Waals surface area (Å²) in [5, 5.41) is 3.43. The van der Waals surface area contributed by atoms with Gasteiger partial charge < -0.3 is 10.1 Å². The van der Waals surface area contributed by atoms with E-state index >= 15 is 0 Å². The van der Waals surface area contributed by atoms with Crippen LogP contribution in [0.25, 0.3) is 0 Å². The summed E-state index contributed by atoms with van der Waals surface area (Å²) in [5.41, 5.74) is 0. The highest BCUT2D eigenvalue weighted by molar-refractivity contribution is 4.58.